The number of hydrogen-bond acceptors (Lipinski definition) is 3. The SMILES string of the molecule is CCC1CCN(C(C)CC(C)(N)C#N)CC1. The van der Waals surface area contributed by atoms with Crippen LogP contribution in [-0.4, -0.2) is 29.6 Å². The number of rotatable bonds is 4. The predicted octanol–water partition coefficient (Wildman–Crippen LogP) is 2.13. The summed E-state index contributed by atoms with van der Waals surface area (Å²) < 4.78 is 0. The second kappa shape index (κ2) is 5.65. The lowest BCUT2D eigenvalue weighted by molar-refractivity contribution is 0.125. The van der Waals surface area contributed by atoms with Gasteiger partial charge in [-0.25, -0.2) is 0 Å². The van der Waals surface area contributed by atoms with E-state index < -0.39 is 5.54 Å². The van der Waals surface area contributed by atoms with Crippen LogP contribution in [0.25, 0.3) is 0 Å². The third-order valence-corrected chi connectivity index (χ3v) is 3.82. The number of nitrogens with two attached hydrogens (primary N) is 1. The molecule has 2 unspecified atom stereocenters. The Bertz CT molecular complexity index is 246. The number of nitriles is 1. The Morgan fingerprint density at radius 3 is 2.50 bits per heavy atom. The smallest absolute Gasteiger partial charge is 0.102 e. The van der Waals surface area contributed by atoms with Gasteiger partial charge in [-0.3, -0.25) is 0 Å². The van der Waals surface area contributed by atoms with Crippen molar-refractivity contribution < 1.29 is 0 Å². The fourth-order valence-corrected chi connectivity index (χ4v) is 2.59. The normalized spacial score (nSPS) is 24.7. The first-order chi connectivity index (χ1) is 7.48. The number of likely N-dealkylation sites (tertiary alicyclic amines) is 1. The second-order valence-corrected chi connectivity index (χ2v) is 5.47. The average Bonchev–Trinajstić information content (AvgIpc) is 2.28. The first-order valence-electron chi connectivity index (χ1n) is 6.42. The van der Waals surface area contributed by atoms with Gasteiger partial charge in [0.25, 0.3) is 0 Å². The third kappa shape index (κ3) is 3.77. The zero-order chi connectivity index (χ0) is 12.2. The van der Waals surface area contributed by atoms with Crippen LogP contribution in [0.3, 0.4) is 0 Å². The molecule has 92 valence electrons. The van der Waals surface area contributed by atoms with Gasteiger partial charge in [-0.1, -0.05) is 13.3 Å². The van der Waals surface area contributed by atoms with Gasteiger partial charge in [0.2, 0.25) is 0 Å². The van der Waals surface area contributed by atoms with Crippen LogP contribution in [0.5, 0.6) is 0 Å². The molecule has 1 rings (SSSR count). The fraction of sp³-hybridized carbons (Fsp3) is 0.923. The topological polar surface area (TPSA) is 53.0 Å². The van der Waals surface area contributed by atoms with Crippen molar-refractivity contribution in [2.75, 3.05) is 13.1 Å². The molecule has 0 bridgehead atoms. The van der Waals surface area contributed by atoms with Crippen molar-refractivity contribution >= 4 is 0 Å². The molecule has 1 fully saturated rings. The van der Waals surface area contributed by atoms with Crippen LogP contribution in [0.1, 0.15) is 46.5 Å². The molecule has 0 aromatic heterocycles. The molecule has 0 saturated carbocycles. The molecule has 0 aromatic carbocycles. The summed E-state index contributed by atoms with van der Waals surface area (Å²) >= 11 is 0. The van der Waals surface area contributed by atoms with Gasteiger partial charge in [-0.05, 0) is 52.1 Å². The van der Waals surface area contributed by atoms with Crippen molar-refractivity contribution in [2.45, 2.75) is 58.0 Å². The van der Waals surface area contributed by atoms with E-state index in [1.54, 1.807) is 0 Å². The first kappa shape index (κ1) is 13.5. The molecule has 0 spiro atoms. The Hall–Kier alpha value is -0.590. The Labute approximate surface area is 99.6 Å². The molecule has 3 heteroatoms. The molecule has 1 saturated heterocycles. The molecule has 1 aliphatic rings. The summed E-state index contributed by atoms with van der Waals surface area (Å²) in [5.74, 6) is 0.906. The van der Waals surface area contributed by atoms with Crippen LogP contribution in [0.2, 0.25) is 0 Å². The lowest BCUT2D eigenvalue weighted by Crippen LogP contribution is -2.46. The Kier molecular flexibility index (Phi) is 4.76. The second-order valence-electron chi connectivity index (χ2n) is 5.47. The van der Waals surface area contributed by atoms with Gasteiger partial charge in [0.15, 0.2) is 0 Å². The van der Waals surface area contributed by atoms with Gasteiger partial charge in [0, 0.05) is 6.04 Å². The maximum atomic E-state index is 8.93. The monoisotopic (exact) mass is 223 g/mol. The Morgan fingerprint density at radius 1 is 1.50 bits per heavy atom. The summed E-state index contributed by atoms with van der Waals surface area (Å²) in [4.78, 5) is 2.48. The largest absolute Gasteiger partial charge is 0.314 e. The quantitative estimate of drug-likeness (QED) is 0.794. The highest BCUT2D eigenvalue weighted by atomic mass is 15.2. The van der Waals surface area contributed by atoms with E-state index in [1.165, 1.54) is 32.4 Å². The van der Waals surface area contributed by atoms with Gasteiger partial charge < -0.3 is 10.6 Å². The van der Waals surface area contributed by atoms with E-state index in [4.69, 9.17) is 11.0 Å². The van der Waals surface area contributed by atoms with Crippen molar-refractivity contribution in [1.82, 2.24) is 4.90 Å². The highest BCUT2D eigenvalue weighted by Crippen LogP contribution is 2.23. The van der Waals surface area contributed by atoms with Crippen LogP contribution < -0.4 is 5.73 Å². The van der Waals surface area contributed by atoms with Gasteiger partial charge in [-0.2, -0.15) is 5.26 Å². The molecule has 1 aliphatic heterocycles. The van der Waals surface area contributed by atoms with Crippen molar-refractivity contribution in [3.8, 4) is 6.07 Å². The zero-order valence-corrected chi connectivity index (χ0v) is 10.9. The molecule has 3 nitrogen and oxygen atoms in total. The molecule has 0 aliphatic carbocycles. The van der Waals surface area contributed by atoms with Crippen LogP contribution in [0.4, 0.5) is 0 Å². The van der Waals surface area contributed by atoms with Crippen molar-refractivity contribution in [3.63, 3.8) is 0 Å². The highest BCUT2D eigenvalue weighted by molar-refractivity contribution is 5.02. The predicted molar refractivity (Wildman–Crippen MR) is 66.9 cm³/mol. The molecule has 16 heavy (non-hydrogen) atoms. The number of hydrogen-bond donors (Lipinski definition) is 1. The standard InChI is InChI=1S/C13H25N3/c1-4-12-5-7-16(8-6-12)11(2)9-13(3,15)10-14/h11-12H,4-9,15H2,1-3H3. The van der Waals surface area contributed by atoms with E-state index in [9.17, 15) is 0 Å². The van der Waals surface area contributed by atoms with E-state index in [-0.39, 0.29) is 0 Å². The summed E-state index contributed by atoms with van der Waals surface area (Å²) in [6.45, 7) is 8.62. The third-order valence-electron chi connectivity index (χ3n) is 3.82. The van der Waals surface area contributed by atoms with Crippen molar-refractivity contribution in [1.29, 1.82) is 5.26 Å². The fourth-order valence-electron chi connectivity index (χ4n) is 2.59. The van der Waals surface area contributed by atoms with E-state index in [2.05, 4.69) is 24.8 Å². The summed E-state index contributed by atoms with van der Waals surface area (Å²) in [6.07, 6.45) is 4.67. The first-order valence-corrected chi connectivity index (χ1v) is 6.42. The maximum Gasteiger partial charge on any atom is 0.102 e. The summed E-state index contributed by atoms with van der Waals surface area (Å²) in [5, 5.41) is 8.93. The lowest BCUT2D eigenvalue weighted by Gasteiger charge is -2.37. The van der Waals surface area contributed by atoms with E-state index in [1.807, 2.05) is 6.92 Å². The van der Waals surface area contributed by atoms with Crippen molar-refractivity contribution in [3.05, 3.63) is 0 Å². The van der Waals surface area contributed by atoms with Crippen LogP contribution in [0.15, 0.2) is 0 Å². The molecule has 0 aromatic rings. The van der Waals surface area contributed by atoms with Crippen LogP contribution in [-0.2, 0) is 0 Å². The van der Waals surface area contributed by atoms with Gasteiger partial charge >= 0.3 is 0 Å². The van der Waals surface area contributed by atoms with Gasteiger partial charge in [0.05, 0.1) is 6.07 Å². The zero-order valence-electron chi connectivity index (χ0n) is 10.9. The highest BCUT2D eigenvalue weighted by Gasteiger charge is 2.27. The summed E-state index contributed by atoms with van der Waals surface area (Å²) in [7, 11) is 0. The Morgan fingerprint density at radius 2 is 2.06 bits per heavy atom. The van der Waals surface area contributed by atoms with E-state index in [0.29, 0.717) is 6.04 Å². The molecular formula is C13H25N3. The van der Waals surface area contributed by atoms with Crippen LogP contribution >= 0.6 is 0 Å². The van der Waals surface area contributed by atoms with Gasteiger partial charge in [-0.15, -0.1) is 0 Å². The maximum absolute atomic E-state index is 8.93. The molecule has 2 N–H and O–H groups in total. The molecular weight excluding hydrogens is 198 g/mol. The Balaban J connectivity index is 2.39. The molecule has 0 radical (unpaired) electrons. The average molecular weight is 223 g/mol. The molecule has 0 amide bonds. The van der Waals surface area contributed by atoms with Crippen molar-refractivity contribution in [2.24, 2.45) is 11.7 Å². The lowest BCUT2D eigenvalue weighted by atomic mass is 9.91. The molecule has 1 heterocycles. The minimum atomic E-state index is -0.680. The van der Waals surface area contributed by atoms with E-state index in [0.717, 1.165) is 12.3 Å². The number of piperidine rings is 1. The summed E-state index contributed by atoms with van der Waals surface area (Å²) in [5.41, 5.74) is 5.21. The van der Waals surface area contributed by atoms with Crippen LogP contribution in [0, 0.1) is 17.2 Å². The summed E-state index contributed by atoms with van der Waals surface area (Å²) in [6, 6.07) is 2.61. The van der Waals surface area contributed by atoms with Gasteiger partial charge in [0.1, 0.15) is 5.54 Å². The number of nitrogens with zero attached hydrogens (tertiary/aromatic N) is 2. The van der Waals surface area contributed by atoms with E-state index >= 15 is 0 Å². The minimum Gasteiger partial charge on any atom is -0.314 e. The minimum absolute atomic E-state index is 0.424. The molecule has 2 atom stereocenters.